The monoisotopic (exact) mass is 468 g/mol. The summed E-state index contributed by atoms with van der Waals surface area (Å²) in [6, 6.07) is 12.1. The Morgan fingerprint density at radius 1 is 1.00 bits per heavy atom. The van der Waals surface area contributed by atoms with Gasteiger partial charge >= 0.3 is 6.01 Å². The van der Waals surface area contributed by atoms with Crippen molar-refractivity contribution in [2.45, 2.75) is 50.8 Å². The lowest BCUT2D eigenvalue weighted by Gasteiger charge is -2.19. The van der Waals surface area contributed by atoms with E-state index in [1.807, 2.05) is 26.0 Å². The van der Waals surface area contributed by atoms with Crippen LogP contribution in [-0.4, -0.2) is 41.9 Å². The SMILES string of the molecule is Cc1ccc(Cc2nnc(NC(=O)c3ccc(S(=O)(=O)N4CCCCCC4)cc3)o2)c(C)c1. The number of carbonyl (C=O) groups is 1. The number of aryl methyl sites for hydroxylation is 2. The largest absolute Gasteiger partial charge is 0.407 e. The summed E-state index contributed by atoms with van der Waals surface area (Å²) < 4.78 is 32.9. The molecule has 0 bridgehead atoms. The van der Waals surface area contributed by atoms with Gasteiger partial charge in [0.1, 0.15) is 0 Å². The smallest absolute Gasteiger partial charge is 0.322 e. The fourth-order valence-corrected chi connectivity index (χ4v) is 5.48. The third kappa shape index (κ3) is 5.48. The number of nitrogens with one attached hydrogen (secondary N) is 1. The molecular weight excluding hydrogens is 440 g/mol. The lowest BCUT2D eigenvalue weighted by atomic mass is 10.0. The Labute approximate surface area is 194 Å². The van der Waals surface area contributed by atoms with Gasteiger partial charge in [0.2, 0.25) is 15.9 Å². The molecule has 2 aromatic carbocycles. The first-order valence-corrected chi connectivity index (χ1v) is 12.6. The molecule has 174 valence electrons. The van der Waals surface area contributed by atoms with Gasteiger partial charge in [0, 0.05) is 18.7 Å². The quantitative estimate of drug-likeness (QED) is 0.584. The van der Waals surface area contributed by atoms with Crippen LogP contribution in [0.2, 0.25) is 0 Å². The molecule has 0 saturated carbocycles. The summed E-state index contributed by atoms with van der Waals surface area (Å²) in [7, 11) is -3.56. The van der Waals surface area contributed by atoms with Crippen LogP contribution in [0.3, 0.4) is 0 Å². The summed E-state index contributed by atoms with van der Waals surface area (Å²) in [4.78, 5) is 12.8. The number of hydrogen-bond acceptors (Lipinski definition) is 6. The molecule has 8 nitrogen and oxygen atoms in total. The van der Waals surface area contributed by atoms with Gasteiger partial charge in [0.15, 0.2) is 0 Å². The van der Waals surface area contributed by atoms with Crippen molar-refractivity contribution in [3.8, 4) is 0 Å². The van der Waals surface area contributed by atoms with Gasteiger partial charge in [0.25, 0.3) is 5.91 Å². The third-order valence-corrected chi connectivity index (χ3v) is 7.76. The summed E-state index contributed by atoms with van der Waals surface area (Å²) in [6.07, 6.45) is 4.31. The average Bonchev–Trinajstić information content (AvgIpc) is 3.04. The zero-order chi connectivity index (χ0) is 23.4. The van der Waals surface area contributed by atoms with E-state index in [0.717, 1.165) is 36.8 Å². The van der Waals surface area contributed by atoms with Gasteiger partial charge in [-0.3, -0.25) is 10.1 Å². The van der Waals surface area contributed by atoms with E-state index >= 15 is 0 Å². The van der Waals surface area contributed by atoms with Crippen LogP contribution in [0.4, 0.5) is 6.01 Å². The third-order valence-electron chi connectivity index (χ3n) is 5.85. The molecule has 2 heterocycles. The molecule has 1 aromatic heterocycles. The number of hydrogen-bond donors (Lipinski definition) is 1. The van der Waals surface area contributed by atoms with Crippen molar-refractivity contribution in [1.82, 2.24) is 14.5 Å². The molecule has 0 aliphatic carbocycles. The maximum absolute atomic E-state index is 12.9. The molecule has 1 fully saturated rings. The van der Waals surface area contributed by atoms with Crippen molar-refractivity contribution in [2.24, 2.45) is 0 Å². The maximum Gasteiger partial charge on any atom is 0.322 e. The molecule has 1 saturated heterocycles. The Balaban J connectivity index is 1.41. The van der Waals surface area contributed by atoms with E-state index in [1.165, 1.54) is 34.1 Å². The molecule has 0 atom stereocenters. The molecule has 1 aliphatic rings. The highest BCUT2D eigenvalue weighted by Gasteiger charge is 2.25. The maximum atomic E-state index is 12.9. The van der Waals surface area contributed by atoms with Crippen molar-refractivity contribution in [1.29, 1.82) is 0 Å². The minimum Gasteiger partial charge on any atom is -0.407 e. The highest BCUT2D eigenvalue weighted by Crippen LogP contribution is 2.21. The van der Waals surface area contributed by atoms with Crippen molar-refractivity contribution in [2.75, 3.05) is 18.4 Å². The zero-order valence-corrected chi connectivity index (χ0v) is 19.7. The second-order valence-corrected chi connectivity index (χ2v) is 10.3. The van der Waals surface area contributed by atoms with Gasteiger partial charge in [-0.2, -0.15) is 4.31 Å². The van der Waals surface area contributed by atoms with Gasteiger partial charge in [-0.15, -0.1) is 5.10 Å². The van der Waals surface area contributed by atoms with Crippen LogP contribution in [0.5, 0.6) is 0 Å². The fourth-order valence-electron chi connectivity index (χ4n) is 3.96. The number of rotatable bonds is 6. The van der Waals surface area contributed by atoms with Gasteiger partial charge in [-0.05, 0) is 62.1 Å². The molecule has 1 N–H and O–H groups in total. The Kier molecular flexibility index (Phi) is 6.90. The topological polar surface area (TPSA) is 105 Å². The second kappa shape index (κ2) is 9.84. The van der Waals surface area contributed by atoms with Crippen LogP contribution in [0.15, 0.2) is 51.8 Å². The number of benzene rings is 2. The lowest BCUT2D eigenvalue weighted by molar-refractivity contribution is 0.102. The number of nitrogens with zero attached hydrogens (tertiary/aromatic N) is 3. The number of sulfonamides is 1. The van der Waals surface area contributed by atoms with Crippen LogP contribution in [0.1, 0.15) is 58.6 Å². The molecule has 0 unspecified atom stereocenters. The molecule has 9 heteroatoms. The summed E-state index contributed by atoms with van der Waals surface area (Å²) in [5.74, 6) is -0.0495. The normalized spacial score (nSPS) is 15.2. The first-order valence-electron chi connectivity index (χ1n) is 11.1. The van der Waals surface area contributed by atoms with Crippen LogP contribution < -0.4 is 5.32 Å². The predicted molar refractivity (Wildman–Crippen MR) is 125 cm³/mol. The van der Waals surface area contributed by atoms with E-state index in [0.29, 0.717) is 31.0 Å². The summed E-state index contributed by atoms with van der Waals surface area (Å²) >= 11 is 0. The Hall–Kier alpha value is -3.04. The predicted octanol–water partition coefficient (Wildman–Crippen LogP) is 4.09. The van der Waals surface area contributed by atoms with Crippen LogP contribution in [0, 0.1) is 13.8 Å². The second-order valence-electron chi connectivity index (χ2n) is 8.40. The molecular formula is C24H28N4O4S. The van der Waals surface area contributed by atoms with E-state index in [2.05, 4.69) is 21.6 Å². The Bertz CT molecular complexity index is 1230. The first-order chi connectivity index (χ1) is 15.8. The van der Waals surface area contributed by atoms with Gasteiger partial charge < -0.3 is 4.42 Å². The number of carbonyl (C=O) groups excluding carboxylic acids is 1. The molecule has 33 heavy (non-hydrogen) atoms. The minimum atomic E-state index is -3.56. The fraction of sp³-hybridized carbons (Fsp3) is 0.375. The lowest BCUT2D eigenvalue weighted by Crippen LogP contribution is -2.31. The number of amides is 1. The van der Waals surface area contributed by atoms with Crippen molar-refractivity contribution in [3.05, 3.63) is 70.6 Å². The molecule has 0 radical (unpaired) electrons. The van der Waals surface area contributed by atoms with E-state index in [-0.39, 0.29) is 10.9 Å². The molecule has 4 rings (SSSR count). The van der Waals surface area contributed by atoms with Crippen LogP contribution in [-0.2, 0) is 16.4 Å². The minimum absolute atomic E-state index is 0.000953. The molecule has 0 spiro atoms. The Morgan fingerprint density at radius 3 is 2.36 bits per heavy atom. The van der Waals surface area contributed by atoms with Gasteiger partial charge in [-0.25, -0.2) is 8.42 Å². The van der Waals surface area contributed by atoms with Crippen molar-refractivity contribution >= 4 is 21.9 Å². The van der Waals surface area contributed by atoms with Gasteiger partial charge in [-0.1, -0.05) is 41.7 Å². The zero-order valence-electron chi connectivity index (χ0n) is 18.9. The van der Waals surface area contributed by atoms with Gasteiger partial charge in [0.05, 0.1) is 11.3 Å². The summed E-state index contributed by atoms with van der Waals surface area (Å²) in [5.41, 5.74) is 3.69. The highest BCUT2D eigenvalue weighted by molar-refractivity contribution is 7.89. The summed E-state index contributed by atoms with van der Waals surface area (Å²) in [5, 5.41) is 10.5. The van der Waals surface area contributed by atoms with Crippen LogP contribution in [0.25, 0.3) is 0 Å². The first kappa shape index (κ1) is 23.1. The van der Waals surface area contributed by atoms with E-state index < -0.39 is 15.9 Å². The van der Waals surface area contributed by atoms with Crippen LogP contribution >= 0.6 is 0 Å². The van der Waals surface area contributed by atoms with Crippen molar-refractivity contribution in [3.63, 3.8) is 0 Å². The van der Waals surface area contributed by atoms with Crippen molar-refractivity contribution < 1.29 is 17.6 Å². The standard InChI is InChI=1S/C24H28N4O4S/c1-17-7-8-20(18(2)15-17)16-22-26-27-24(32-22)25-23(29)19-9-11-21(12-10-19)33(30,31)28-13-5-3-4-6-14-28/h7-12,15H,3-6,13-14,16H2,1-2H3,(H,25,27,29). The molecule has 3 aromatic rings. The molecule has 1 aliphatic heterocycles. The summed E-state index contributed by atoms with van der Waals surface area (Å²) in [6.45, 7) is 5.13. The van der Waals surface area contributed by atoms with E-state index in [1.54, 1.807) is 0 Å². The highest BCUT2D eigenvalue weighted by atomic mass is 32.2. The molecule has 1 amide bonds. The number of aromatic nitrogens is 2. The van der Waals surface area contributed by atoms with E-state index in [9.17, 15) is 13.2 Å². The number of anilines is 1. The Morgan fingerprint density at radius 2 is 1.70 bits per heavy atom. The average molecular weight is 469 g/mol. The van der Waals surface area contributed by atoms with E-state index in [4.69, 9.17) is 4.42 Å².